The van der Waals surface area contributed by atoms with Gasteiger partial charge in [-0.15, -0.1) is 0 Å². The number of amides is 1. The molecule has 1 amide bonds. The van der Waals surface area contributed by atoms with E-state index in [1.807, 2.05) is 18.2 Å². The lowest BCUT2D eigenvalue weighted by Gasteiger charge is -2.34. The van der Waals surface area contributed by atoms with Crippen LogP contribution in [-0.4, -0.2) is 44.9 Å². The molecule has 1 heterocycles. The van der Waals surface area contributed by atoms with Gasteiger partial charge in [-0.25, -0.2) is 8.42 Å². The highest BCUT2D eigenvalue weighted by atomic mass is 79.9. The van der Waals surface area contributed by atoms with Crippen LogP contribution in [0.2, 0.25) is 5.02 Å². The molecule has 2 aromatic rings. The zero-order valence-corrected chi connectivity index (χ0v) is 21.0. The second-order valence-corrected chi connectivity index (χ2v) is 11.4. The summed E-state index contributed by atoms with van der Waals surface area (Å²) >= 11 is 9.69. The summed E-state index contributed by atoms with van der Waals surface area (Å²) in [4.78, 5) is 15.1. The highest BCUT2D eigenvalue weighted by Gasteiger charge is 2.36. The highest BCUT2D eigenvalue weighted by Crippen LogP contribution is 2.34. The van der Waals surface area contributed by atoms with Crippen molar-refractivity contribution in [3.8, 4) is 5.75 Å². The monoisotopic (exact) mass is 540 g/mol. The third kappa shape index (κ3) is 4.69. The van der Waals surface area contributed by atoms with Gasteiger partial charge in [0, 0.05) is 22.7 Å². The van der Waals surface area contributed by atoms with Gasteiger partial charge in [-0.2, -0.15) is 4.31 Å². The molecular weight excluding hydrogens is 516 g/mol. The normalized spacial score (nSPS) is 16.9. The predicted octanol–water partition coefficient (Wildman–Crippen LogP) is 5.02. The van der Waals surface area contributed by atoms with E-state index >= 15 is 0 Å². The van der Waals surface area contributed by atoms with Crippen molar-refractivity contribution in [1.82, 2.24) is 4.31 Å². The van der Waals surface area contributed by atoms with Gasteiger partial charge < -0.3 is 9.64 Å². The van der Waals surface area contributed by atoms with Crippen LogP contribution in [0.3, 0.4) is 0 Å². The molecule has 0 spiro atoms. The van der Waals surface area contributed by atoms with E-state index in [1.165, 1.54) is 23.5 Å². The summed E-state index contributed by atoms with van der Waals surface area (Å²) in [6, 6.07) is 10.1. The van der Waals surface area contributed by atoms with Gasteiger partial charge in [0.05, 0.1) is 23.6 Å². The molecule has 0 radical (unpaired) electrons. The molecule has 9 heteroatoms. The molecule has 1 fully saturated rings. The molecule has 1 saturated carbocycles. The Balaban J connectivity index is 1.64. The first-order valence-electron chi connectivity index (χ1n) is 10.8. The van der Waals surface area contributed by atoms with Crippen LogP contribution in [0.25, 0.3) is 0 Å². The Morgan fingerprint density at radius 2 is 1.94 bits per heavy atom. The number of methoxy groups -OCH3 is 1. The quantitative estimate of drug-likeness (QED) is 0.515. The molecule has 0 N–H and O–H groups in total. The molecule has 2 aromatic carbocycles. The number of benzene rings is 2. The fraction of sp³-hybridized carbons (Fsp3) is 0.435. The standard InChI is InChI=1S/C23H26BrClN2O4S/c1-31-22-10-8-19(14-20(22)25)32(29,30)27(18-5-3-2-4-6-18)15-23(28)26-12-11-16-13-17(24)7-9-21(16)26/h7-10,13-14,18H,2-6,11-12,15H2,1H3. The average Bonchev–Trinajstić information content (AvgIpc) is 3.20. The molecule has 4 rings (SSSR count). The Morgan fingerprint density at radius 3 is 2.62 bits per heavy atom. The summed E-state index contributed by atoms with van der Waals surface area (Å²) in [5, 5.41) is 0.225. The molecule has 0 saturated heterocycles. The Labute approximate surface area is 202 Å². The van der Waals surface area contributed by atoms with Gasteiger partial charge in [-0.05, 0) is 61.2 Å². The highest BCUT2D eigenvalue weighted by molar-refractivity contribution is 9.10. The van der Waals surface area contributed by atoms with Crippen LogP contribution in [0.15, 0.2) is 45.8 Å². The number of fused-ring (bicyclic) bond motifs is 1. The number of ether oxygens (including phenoxy) is 1. The van der Waals surface area contributed by atoms with Gasteiger partial charge in [0.15, 0.2) is 0 Å². The average molecular weight is 542 g/mol. The van der Waals surface area contributed by atoms with Crippen LogP contribution in [0.5, 0.6) is 5.75 Å². The van der Waals surface area contributed by atoms with Crippen molar-refractivity contribution in [2.45, 2.75) is 49.5 Å². The van der Waals surface area contributed by atoms with Crippen molar-refractivity contribution < 1.29 is 17.9 Å². The van der Waals surface area contributed by atoms with Crippen molar-refractivity contribution in [2.75, 3.05) is 25.1 Å². The summed E-state index contributed by atoms with van der Waals surface area (Å²) in [6.07, 6.45) is 5.25. The Bertz CT molecular complexity index is 1120. The Hall–Kier alpha value is -1.61. The van der Waals surface area contributed by atoms with Crippen molar-refractivity contribution >= 4 is 49.1 Å². The van der Waals surface area contributed by atoms with E-state index in [2.05, 4.69) is 15.9 Å². The Kier molecular flexibility index (Phi) is 7.14. The summed E-state index contributed by atoms with van der Waals surface area (Å²) in [6.45, 7) is 0.365. The zero-order valence-electron chi connectivity index (χ0n) is 17.9. The van der Waals surface area contributed by atoms with Gasteiger partial charge in [0.2, 0.25) is 15.9 Å². The third-order valence-electron chi connectivity index (χ3n) is 6.24. The van der Waals surface area contributed by atoms with Gasteiger partial charge in [-0.3, -0.25) is 4.79 Å². The molecule has 0 atom stereocenters. The molecule has 2 aliphatic rings. The number of anilines is 1. The maximum Gasteiger partial charge on any atom is 0.243 e. The number of nitrogens with zero attached hydrogens (tertiary/aromatic N) is 2. The zero-order chi connectivity index (χ0) is 22.9. The topological polar surface area (TPSA) is 66.9 Å². The molecule has 1 aliphatic carbocycles. The van der Waals surface area contributed by atoms with Gasteiger partial charge in [0.25, 0.3) is 0 Å². The summed E-state index contributed by atoms with van der Waals surface area (Å²) in [7, 11) is -2.44. The van der Waals surface area contributed by atoms with E-state index in [0.29, 0.717) is 12.3 Å². The number of halogens is 2. The van der Waals surface area contributed by atoms with E-state index < -0.39 is 10.0 Å². The molecule has 172 valence electrons. The number of carbonyl (C=O) groups is 1. The first kappa shape index (κ1) is 23.5. The van der Waals surface area contributed by atoms with Crippen LogP contribution in [0, 0.1) is 0 Å². The van der Waals surface area contributed by atoms with Gasteiger partial charge in [-0.1, -0.05) is 46.8 Å². The first-order valence-corrected chi connectivity index (χ1v) is 13.4. The van der Waals surface area contributed by atoms with Gasteiger partial charge in [0.1, 0.15) is 5.75 Å². The van der Waals surface area contributed by atoms with Crippen molar-refractivity contribution in [3.63, 3.8) is 0 Å². The smallest absolute Gasteiger partial charge is 0.243 e. The minimum Gasteiger partial charge on any atom is -0.495 e. The van der Waals surface area contributed by atoms with Crippen LogP contribution in [0.1, 0.15) is 37.7 Å². The van der Waals surface area contributed by atoms with Crippen LogP contribution < -0.4 is 9.64 Å². The number of hydrogen-bond donors (Lipinski definition) is 0. The molecule has 0 bridgehead atoms. The lowest BCUT2D eigenvalue weighted by molar-refractivity contribution is -0.119. The van der Waals surface area contributed by atoms with E-state index in [9.17, 15) is 13.2 Å². The number of hydrogen-bond acceptors (Lipinski definition) is 4. The number of carbonyl (C=O) groups excluding carboxylic acids is 1. The lowest BCUT2D eigenvalue weighted by atomic mass is 9.95. The molecule has 32 heavy (non-hydrogen) atoms. The Morgan fingerprint density at radius 1 is 1.19 bits per heavy atom. The molecular formula is C23H26BrClN2O4S. The van der Waals surface area contributed by atoms with E-state index in [0.717, 1.165) is 54.2 Å². The second-order valence-electron chi connectivity index (χ2n) is 8.21. The number of sulfonamides is 1. The molecule has 1 aliphatic heterocycles. The molecule has 0 aromatic heterocycles. The largest absolute Gasteiger partial charge is 0.495 e. The van der Waals surface area contributed by atoms with Crippen molar-refractivity contribution in [2.24, 2.45) is 0 Å². The van der Waals surface area contributed by atoms with Crippen LogP contribution in [0.4, 0.5) is 5.69 Å². The minimum atomic E-state index is -3.92. The number of rotatable bonds is 6. The van der Waals surface area contributed by atoms with Gasteiger partial charge >= 0.3 is 0 Å². The SMILES string of the molecule is COc1ccc(S(=O)(=O)N(CC(=O)N2CCc3cc(Br)ccc32)C2CCCCC2)cc1Cl. The predicted molar refractivity (Wildman–Crippen MR) is 129 cm³/mol. The maximum absolute atomic E-state index is 13.7. The molecule has 0 unspecified atom stereocenters. The maximum atomic E-state index is 13.7. The van der Waals surface area contributed by atoms with E-state index in [1.54, 1.807) is 11.0 Å². The van der Waals surface area contributed by atoms with Crippen molar-refractivity contribution in [1.29, 1.82) is 0 Å². The van der Waals surface area contributed by atoms with E-state index in [-0.39, 0.29) is 28.4 Å². The third-order valence-corrected chi connectivity index (χ3v) is 8.92. The summed E-state index contributed by atoms with van der Waals surface area (Å²) in [5.74, 6) is 0.200. The minimum absolute atomic E-state index is 0.0763. The fourth-order valence-corrected chi connectivity index (χ4v) is 6.96. The first-order chi connectivity index (χ1) is 15.3. The van der Waals surface area contributed by atoms with Crippen molar-refractivity contribution in [3.05, 3.63) is 51.5 Å². The second kappa shape index (κ2) is 9.71. The fourth-order valence-electron chi connectivity index (χ4n) is 4.57. The van der Waals surface area contributed by atoms with Crippen LogP contribution in [-0.2, 0) is 21.2 Å². The molecule has 6 nitrogen and oxygen atoms in total. The van der Waals surface area contributed by atoms with Crippen LogP contribution >= 0.6 is 27.5 Å². The lowest BCUT2D eigenvalue weighted by Crippen LogP contribution is -2.48. The van der Waals surface area contributed by atoms with E-state index in [4.69, 9.17) is 16.3 Å². The summed E-state index contributed by atoms with van der Waals surface area (Å²) < 4.78 is 34.9. The summed E-state index contributed by atoms with van der Waals surface area (Å²) in [5.41, 5.74) is 1.94.